The third kappa shape index (κ3) is 6.02. The van der Waals surface area contributed by atoms with E-state index in [-0.39, 0.29) is 17.8 Å². The molecule has 0 aliphatic heterocycles. The van der Waals surface area contributed by atoms with Gasteiger partial charge < -0.3 is 4.74 Å². The van der Waals surface area contributed by atoms with Crippen LogP contribution in [0.2, 0.25) is 0 Å². The number of allylic oxidation sites excluding steroid dienone is 4. The lowest BCUT2D eigenvalue weighted by Gasteiger charge is -2.39. The van der Waals surface area contributed by atoms with Gasteiger partial charge in [-0.2, -0.15) is 0 Å². The van der Waals surface area contributed by atoms with E-state index in [2.05, 4.69) is 93.6 Å². The molecule has 0 amide bonds. The molecule has 2 aliphatic carbocycles. The molecule has 0 spiro atoms. The molecule has 2 nitrogen and oxygen atoms in total. The first-order valence-corrected chi connectivity index (χ1v) is 14.2. The molecule has 4 unspecified atom stereocenters. The Morgan fingerprint density at radius 1 is 0.861 bits per heavy atom. The van der Waals surface area contributed by atoms with Crippen molar-refractivity contribution in [3.8, 4) is 11.1 Å². The second-order valence-electron chi connectivity index (χ2n) is 10.8. The first-order valence-electron chi connectivity index (χ1n) is 14.2. The third-order valence-corrected chi connectivity index (χ3v) is 8.68. The zero-order valence-electron chi connectivity index (χ0n) is 22.5. The molecule has 0 radical (unpaired) electrons. The van der Waals surface area contributed by atoms with Crippen molar-refractivity contribution >= 4 is 5.97 Å². The molecule has 36 heavy (non-hydrogen) atoms. The highest BCUT2D eigenvalue weighted by molar-refractivity contribution is 5.79. The molecule has 4 rings (SSSR count). The monoisotopic (exact) mass is 484 g/mol. The number of carbonyl (C=O) groups is 1. The van der Waals surface area contributed by atoms with E-state index in [9.17, 15) is 4.79 Å². The summed E-state index contributed by atoms with van der Waals surface area (Å²) in [5, 5.41) is 0. The van der Waals surface area contributed by atoms with Crippen LogP contribution in [0.5, 0.6) is 0 Å². The summed E-state index contributed by atoms with van der Waals surface area (Å²) in [5.74, 6) is 1.82. The summed E-state index contributed by atoms with van der Waals surface area (Å²) in [6.07, 6.45) is 17.9. The molecule has 2 heteroatoms. The largest absolute Gasteiger partial charge is 0.464 e. The Balaban J connectivity index is 1.50. The Hall–Kier alpha value is -2.61. The van der Waals surface area contributed by atoms with Gasteiger partial charge in [-0.3, -0.25) is 4.79 Å². The van der Waals surface area contributed by atoms with Crippen LogP contribution >= 0.6 is 0 Å². The molecule has 1 saturated carbocycles. The quantitative estimate of drug-likeness (QED) is 0.235. The van der Waals surface area contributed by atoms with Crippen molar-refractivity contribution in [2.24, 2.45) is 23.7 Å². The van der Waals surface area contributed by atoms with Gasteiger partial charge in [-0.15, -0.1) is 0 Å². The smallest absolute Gasteiger partial charge is 0.309 e. The van der Waals surface area contributed by atoms with Crippen LogP contribution in [0.25, 0.3) is 11.1 Å². The molecule has 0 heterocycles. The molecule has 0 saturated heterocycles. The molecular formula is C34H44O2. The number of hydrogen-bond donors (Lipinski definition) is 0. The Labute approximate surface area is 218 Å². The second-order valence-corrected chi connectivity index (χ2v) is 10.8. The van der Waals surface area contributed by atoms with Crippen molar-refractivity contribution < 1.29 is 9.53 Å². The average Bonchev–Trinajstić information content (AvgIpc) is 3.23. The highest BCUT2D eigenvalue weighted by Gasteiger charge is 2.39. The second kappa shape index (κ2) is 13.1. The zero-order valence-corrected chi connectivity index (χ0v) is 22.5. The Morgan fingerprint density at radius 2 is 1.42 bits per heavy atom. The van der Waals surface area contributed by atoms with Crippen LogP contribution in [-0.4, -0.2) is 12.6 Å². The summed E-state index contributed by atoms with van der Waals surface area (Å²) in [5.41, 5.74) is 5.12. The normalized spacial score (nSPS) is 21.4. The number of rotatable bonds is 11. The van der Waals surface area contributed by atoms with Crippen molar-refractivity contribution in [1.29, 1.82) is 0 Å². The molecule has 0 aromatic heterocycles. The van der Waals surface area contributed by atoms with Crippen molar-refractivity contribution in [3.05, 3.63) is 84.0 Å². The summed E-state index contributed by atoms with van der Waals surface area (Å²) in [6.45, 7) is 7.01. The molecule has 0 bridgehead atoms. The van der Waals surface area contributed by atoms with Gasteiger partial charge in [-0.25, -0.2) is 0 Å². The van der Waals surface area contributed by atoms with Crippen LogP contribution in [0.3, 0.4) is 0 Å². The van der Waals surface area contributed by atoms with Crippen LogP contribution in [0, 0.1) is 23.7 Å². The van der Waals surface area contributed by atoms with Gasteiger partial charge in [-0.05, 0) is 92.4 Å². The topological polar surface area (TPSA) is 26.3 Å². The fourth-order valence-corrected chi connectivity index (χ4v) is 6.80. The molecule has 192 valence electrons. The maximum absolute atomic E-state index is 13.8. The van der Waals surface area contributed by atoms with Crippen molar-refractivity contribution in [1.82, 2.24) is 0 Å². The molecular weight excluding hydrogens is 440 g/mol. The van der Waals surface area contributed by atoms with Gasteiger partial charge in [0.15, 0.2) is 0 Å². The lowest BCUT2D eigenvalue weighted by Crippen LogP contribution is -2.36. The molecule has 1 fully saturated rings. The summed E-state index contributed by atoms with van der Waals surface area (Å²) in [4.78, 5) is 13.8. The van der Waals surface area contributed by atoms with Gasteiger partial charge in [-0.1, -0.05) is 92.6 Å². The van der Waals surface area contributed by atoms with E-state index in [0.29, 0.717) is 24.4 Å². The van der Waals surface area contributed by atoms with E-state index in [1.165, 1.54) is 47.9 Å². The summed E-state index contributed by atoms with van der Waals surface area (Å²) in [7, 11) is 0. The standard InChI is InChI=1S/C34H44O2/c1-4-6-8-16-25(3)26-17-10-11-18-27(26)32(23-9-7-5-2)34(35)36-24-33-30-21-14-12-19-28(30)29-20-13-15-22-31(29)33/h4-7,12-15,19-22,25-27,32-33H,8-11,16-18,23-24H2,1-3H3/b6-4-,7-5-. The lowest BCUT2D eigenvalue weighted by atomic mass is 9.66. The Kier molecular flexibility index (Phi) is 9.61. The van der Waals surface area contributed by atoms with Gasteiger partial charge in [0.2, 0.25) is 0 Å². The van der Waals surface area contributed by atoms with E-state index in [1.54, 1.807) is 0 Å². The molecule has 2 aromatic rings. The van der Waals surface area contributed by atoms with E-state index in [1.807, 2.05) is 0 Å². The predicted molar refractivity (Wildman–Crippen MR) is 151 cm³/mol. The minimum Gasteiger partial charge on any atom is -0.464 e. The minimum atomic E-state index is -0.0115. The van der Waals surface area contributed by atoms with Gasteiger partial charge >= 0.3 is 5.97 Å². The number of benzene rings is 2. The van der Waals surface area contributed by atoms with Gasteiger partial charge in [0.1, 0.15) is 6.61 Å². The van der Waals surface area contributed by atoms with Crippen LogP contribution in [0.1, 0.15) is 89.2 Å². The number of hydrogen-bond acceptors (Lipinski definition) is 2. The number of ether oxygens (including phenoxy) is 1. The van der Waals surface area contributed by atoms with E-state index >= 15 is 0 Å². The van der Waals surface area contributed by atoms with Crippen LogP contribution in [0.4, 0.5) is 0 Å². The molecule has 4 atom stereocenters. The van der Waals surface area contributed by atoms with Gasteiger partial charge in [0, 0.05) is 5.92 Å². The van der Waals surface area contributed by atoms with Crippen LogP contribution in [-0.2, 0) is 9.53 Å². The zero-order chi connectivity index (χ0) is 25.3. The van der Waals surface area contributed by atoms with Gasteiger partial charge in [0.25, 0.3) is 0 Å². The molecule has 2 aromatic carbocycles. The van der Waals surface area contributed by atoms with Crippen molar-refractivity contribution in [2.45, 2.75) is 78.1 Å². The fraction of sp³-hybridized carbons (Fsp3) is 0.500. The van der Waals surface area contributed by atoms with E-state index in [4.69, 9.17) is 4.74 Å². The summed E-state index contributed by atoms with van der Waals surface area (Å²) >= 11 is 0. The number of esters is 1. The lowest BCUT2D eigenvalue weighted by molar-refractivity contribution is -0.153. The van der Waals surface area contributed by atoms with Crippen LogP contribution in [0.15, 0.2) is 72.8 Å². The van der Waals surface area contributed by atoms with Gasteiger partial charge in [0.05, 0.1) is 5.92 Å². The molecule has 2 aliphatic rings. The summed E-state index contributed by atoms with van der Waals surface area (Å²) < 4.78 is 6.24. The first kappa shape index (κ1) is 26.5. The van der Waals surface area contributed by atoms with E-state index in [0.717, 1.165) is 25.7 Å². The summed E-state index contributed by atoms with van der Waals surface area (Å²) in [6, 6.07) is 17.2. The van der Waals surface area contributed by atoms with Crippen molar-refractivity contribution in [2.75, 3.05) is 6.61 Å². The number of carbonyl (C=O) groups excluding carboxylic acids is 1. The van der Waals surface area contributed by atoms with E-state index < -0.39 is 0 Å². The van der Waals surface area contributed by atoms with Crippen LogP contribution < -0.4 is 0 Å². The predicted octanol–water partition coefficient (Wildman–Crippen LogP) is 9.11. The SMILES string of the molecule is C/C=C\CCC(C)C1CCCCC1C(CC/C=C\C)C(=O)OCC1c2ccccc2-c2ccccc21. The number of fused-ring (bicyclic) bond motifs is 3. The highest BCUT2D eigenvalue weighted by atomic mass is 16.5. The third-order valence-electron chi connectivity index (χ3n) is 8.68. The highest BCUT2D eigenvalue weighted by Crippen LogP contribution is 2.46. The maximum Gasteiger partial charge on any atom is 0.309 e. The minimum absolute atomic E-state index is 0.0115. The average molecular weight is 485 g/mol. The Morgan fingerprint density at radius 3 is 2.03 bits per heavy atom. The molecule has 0 N–H and O–H groups in total. The van der Waals surface area contributed by atoms with Crippen molar-refractivity contribution in [3.63, 3.8) is 0 Å². The maximum atomic E-state index is 13.8. The fourth-order valence-electron chi connectivity index (χ4n) is 6.80. The Bertz CT molecular complexity index is 1000. The first-order chi connectivity index (χ1) is 17.7.